The number of hydrogen-bond acceptors (Lipinski definition) is 2. The Hall–Kier alpha value is 0.180. The van der Waals surface area contributed by atoms with Gasteiger partial charge in [0.2, 0.25) is 0 Å². The molecule has 0 N–H and O–H groups in total. The highest BCUT2D eigenvalue weighted by molar-refractivity contribution is 14.1. The van der Waals surface area contributed by atoms with Crippen LogP contribution in [0.2, 0.25) is 0 Å². The summed E-state index contributed by atoms with van der Waals surface area (Å²) < 4.78 is 6.07. The number of nitrogens with zero attached hydrogens (tertiary/aromatic N) is 1. The first-order valence-corrected chi connectivity index (χ1v) is 4.70. The minimum absolute atomic E-state index is 0.209. The van der Waals surface area contributed by atoms with E-state index in [1.165, 1.54) is 0 Å². The smallest absolute Gasteiger partial charge is 0.0714 e. The molecule has 0 bridgehead atoms. The van der Waals surface area contributed by atoms with Crippen LogP contribution >= 0.6 is 22.6 Å². The van der Waals surface area contributed by atoms with Gasteiger partial charge in [0, 0.05) is 10.5 Å². The normalized spacial score (nSPS) is 33.2. The fourth-order valence-corrected chi connectivity index (χ4v) is 1.90. The molecule has 1 aliphatic heterocycles. The summed E-state index contributed by atoms with van der Waals surface area (Å²) in [6.07, 6.45) is 2.96. The maximum Gasteiger partial charge on any atom is 0.0714 e. The Kier molecular flexibility index (Phi) is 3.43. The van der Waals surface area contributed by atoms with Crippen molar-refractivity contribution in [3.8, 4) is 6.07 Å². The van der Waals surface area contributed by atoms with Gasteiger partial charge in [0.1, 0.15) is 0 Å². The van der Waals surface area contributed by atoms with Crippen molar-refractivity contribution in [2.24, 2.45) is 0 Å². The van der Waals surface area contributed by atoms with E-state index in [2.05, 4.69) is 28.7 Å². The molecule has 56 valence electrons. The fourth-order valence-electron chi connectivity index (χ4n) is 1.08. The van der Waals surface area contributed by atoms with Crippen LogP contribution in [0.15, 0.2) is 0 Å². The molecule has 0 spiro atoms. The lowest BCUT2D eigenvalue weighted by Crippen LogP contribution is -2.25. The van der Waals surface area contributed by atoms with Crippen molar-refractivity contribution < 1.29 is 4.74 Å². The predicted octanol–water partition coefficient (Wildman–Crippen LogP) is 1.88. The van der Waals surface area contributed by atoms with E-state index < -0.39 is 0 Å². The van der Waals surface area contributed by atoms with Crippen molar-refractivity contribution in [1.82, 2.24) is 0 Å². The molecule has 2 nitrogen and oxygen atoms in total. The Bertz CT molecular complexity index is 143. The Balaban J connectivity index is 2.27. The molecule has 1 unspecified atom stereocenters. The lowest BCUT2D eigenvalue weighted by molar-refractivity contribution is 0.0244. The summed E-state index contributed by atoms with van der Waals surface area (Å²) in [7, 11) is 0. The van der Waals surface area contributed by atoms with Gasteiger partial charge < -0.3 is 4.74 Å². The molecule has 0 aromatic heterocycles. The Morgan fingerprint density at radius 2 is 2.50 bits per heavy atom. The molecular weight excluding hydrogens is 241 g/mol. The summed E-state index contributed by atoms with van der Waals surface area (Å²) in [6, 6.07) is 2.13. The van der Waals surface area contributed by atoms with Gasteiger partial charge in [-0.3, -0.25) is 0 Å². The number of alkyl halides is 1. The van der Waals surface area contributed by atoms with E-state index in [4.69, 9.17) is 10.00 Å². The highest BCUT2D eigenvalue weighted by Gasteiger charge is 2.19. The van der Waals surface area contributed by atoms with Crippen molar-refractivity contribution in [3.05, 3.63) is 0 Å². The van der Waals surface area contributed by atoms with Gasteiger partial charge in [0.15, 0.2) is 0 Å². The van der Waals surface area contributed by atoms with Crippen molar-refractivity contribution >= 4 is 22.6 Å². The summed E-state index contributed by atoms with van der Waals surface area (Å²) in [5.74, 6) is 0. The first-order chi connectivity index (χ1) is 4.83. The summed E-state index contributed by atoms with van der Waals surface area (Å²) in [5, 5.41) is 8.37. The van der Waals surface area contributed by atoms with Crippen LogP contribution in [0, 0.1) is 11.3 Å². The maximum atomic E-state index is 8.37. The molecule has 0 saturated carbocycles. The maximum absolute atomic E-state index is 8.37. The van der Waals surface area contributed by atoms with E-state index in [-0.39, 0.29) is 6.10 Å². The van der Waals surface area contributed by atoms with Crippen LogP contribution in [0.5, 0.6) is 0 Å². The van der Waals surface area contributed by atoms with E-state index in [1.807, 2.05) is 0 Å². The van der Waals surface area contributed by atoms with Gasteiger partial charge in [-0.25, -0.2) is 0 Å². The number of rotatable bonds is 1. The second-order valence-electron chi connectivity index (χ2n) is 2.48. The monoisotopic (exact) mass is 251 g/mol. The molecule has 10 heavy (non-hydrogen) atoms. The van der Waals surface area contributed by atoms with Gasteiger partial charge in [0.05, 0.1) is 18.6 Å². The number of halogens is 1. The van der Waals surface area contributed by atoms with Gasteiger partial charge >= 0.3 is 0 Å². The number of hydrogen-bond donors (Lipinski definition) is 0. The van der Waals surface area contributed by atoms with Gasteiger partial charge in [-0.2, -0.15) is 5.26 Å². The molecule has 3 heteroatoms. The zero-order chi connectivity index (χ0) is 7.40. The van der Waals surface area contributed by atoms with Crippen LogP contribution in [0.25, 0.3) is 0 Å². The quantitative estimate of drug-likeness (QED) is 0.526. The van der Waals surface area contributed by atoms with Gasteiger partial charge in [-0.15, -0.1) is 0 Å². The van der Waals surface area contributed by atoms with Gasteiger partial charge in [-0.1, -0.05) is 22.6 Å². The Morgan fingerprint density at radius 3 is 3.10 bits per heavy atom. The molecule has 1 aliphatic rings. The van der Waals surface area contributed by atoms with Crippen LogP contribution in [0.4, 0.5) is 0 Å². The lowest BCUT2D eigenvalue weighted by Gasteiger charge is -2.24. The first kappa shape index (κ1) is 8.28. The van der Waals surface area contributed by atoms with Crippen LogP contribution in [0.3, 0.4) is 0 Å². The van der Waals surface area contributed by atoms with Gasteiger partial charge in [-0.05, 0) is 12.8 Å². The number of nitriles is 1. The van der Waals surface area contributed by atoms with Crippen LogP contribution in [0.1, 0.15) is 19.3 Å². The van der Waals surface area contributed by atoms with Crippen molar-refractivity contribution in [2.75, 3.05) is 6.61 Å². The summed E-state index contributed by atoms with van der Waals surface area (Å²) in [6.45, 7) is 0.833. The highest BCUT2D eigenvalue weighted by Crippen LogP contribution is 2.22. The minimum atomic E-state index is 0.209. The lowest BCUT2D eigenvalue weighted by atomic mass is 10.1. The standard InChI is InChI=1S/C7H10INO/c8-6-2-4-10-7(5-6)1-3-9/h6-7H,1-2,4-5H2/t6?,7-/m0/s1. The Labute approximate surface area is 74.7 Å². The average Bonchev–Trinajstić information content (AvgIpc) is 1.88. The molecule has 0 aliphatic carbocycles. The van der Waals surface area contributed by atoms with E-state index in [9.17, 15) is 0 Å². The minimum Gasteiger partial charge on any atom is -0.377 e. The van der Waals surface area contributed by atoms with E-state index in [0.29, 0.717) is 10.3 Å². The molecule has 1 rings (SSSR count). The first-order valence-electron chi connectivity index (χ1n) is 3.45. The summed E-state index contributed by atoms with van der Waals surface area (Å²) in [5.41, 5.74) is 0. The zero-order valence-corrected chi connectivity index (χ0v) is 7.87. The molecule has 0 aromatic carbocycles. The number of ether oxygens (including phenoxy) is 1. The SMILES string of the molecule is N#CC[C@H]1CC(I)CCO1. The van der Waals surface area contributed by atoms with E-state index in [0.717, 1.165) is 19.4 Å². The molecule has 1 fully saturated rings. The van der Waals surface area contributed by atoms with Crippen molar-refractivity contribution in [3.63, 3.8) is 0 Å². The molecule has 2 atom stereocenters. The molecular formula is C7H10INO. The summed E-state index contributed by atoms with van der Waals surface area (Å²) in [4.78, 5) is 0. The molecule has 1 heterocycles. The molecule has 1 saturated heterocycles. The largest absolute Gasteiger partial charge is 0.377 e. The third-order valence-corrected chi connectivity index (χ3v) is 2.75. The van der Waals surface area contributed by atoms with E-state index in [1.54, 1.807) is 0 Å². The van der Waals surface area contributed by atoms with Crippen molar-refractivity contribution in [1.29, 1.82) is 5.26 Å². The molecule has 0 aromatic rings. The average molecular weight is 251 g/mol. The third-order valence-electron chi connectivity index (χ3n) is 1.62. The van der Waals surface area contributed by atoms with Crippen LogP contribution in [-0.4, -0.2) is 16.6 Å². The van der Waals surface area contributed by atoms with Crippen molar-refractivity contribution in [2.45, 2.75) is 29.3 Å². The predicted molar refractivity (Wildman–Crippen MR) is 47.0 cm³/mol. The third kappa shape index (κ3) is 2.43. The fraction of sp³-hybridized carbons (Fsp3) is 0.857. The molecule has 0 radical (unpaired) electrons. The summed E-state index contributed by atoms with van der Waals surface area (Å²) >= 11 is 2.42. The van der Waals surface area contributed by atoms with Crippen LogP contribution < -0.4 is 0 Å². The second kappa shape index (κ2) is 4.14. The topological polar surface area (TPSA) is 33.0 Å². The molecule has 0 amide bonds. The van der Waals surface area contributed by atoms with E-state index >= 15 is 0 Å². The second-order valence-corrected chi connectivity index (χ2v) is 4.24. The zero-order valence-electron chi connectivity index (χ0n) is 5.72. The highest BCUT2D eigenvalue weighted by atomic mass is 127. The van der Waals surface area contributed by atoms with Gasteiger partial charge in [0.25, 0.3) is 0 Å². The Morgan fingerprint density at radius 1 is 1.70 bits per heavy atom. The van der Waals surface area contributed by atoms with Crippen LogP contribution in [-0.2, 0) is 4.74 Å².